The average molecular weight is 462 g/mol. The van der Waals surface area contributed by atoms with Crippen molar-refractivity contribution in [2.45, 2.75) is 26.3 Å². The Kier molecular flexibility index (Phi) is 5.69. The number of urea groups is 1. The molecule has 0 saturated carbocycles. The minimum Gasteiger partial charge on any atom is -0.497 e. The van der Waals surface area contributed by atoms with E-state index < -0.39 is 17.8 Å². The fraction of sp³-hybridized carbons (Fsp3) is 0.269. The molecule has 2 aliphatic heterocycles. The SMILES string of the molecule is COc1ccc(N2C(=O)NC(=O)/C(=C/c3cc4c(cc3OC)N(C)C(C)(C)C=C4C)C2=O)cc1. The van der Waals surface area contributed by atoms with Gasteiger partial charge in [0.05, 0.1) is 25.4 Å². The Hall–Kier alpha value is -4.07. The number of anilines is 2. The minimum absolute atomic E-state index is 0.167. The number of carbonyl (C=O) groups is 3. The number of hydrogen-bond donors (Lipinski definition) is 1. The Morgan fingerprint density at radius 2 is 1.68 bits per heavy atom. The molecule has 4 rings (SSSR count). The smallest absolute Gasteiger partial charge is 0.335 e. The zero-order valence-corrected chi connectivity index (χ0v) is 20.1. The van der Waals surface area contributed by atoms with Gasteiger partial charge in [0.1, 0.15) is 17.1 Å². The van der Waals surface area contributed by atoms with Crippen LogP contribution >= 0.6 is 0 Å². The molecular formula is C26H27N3O5. The van der Waals surface area contributed by atoms with E-state index in [1.54, 1.807) is 24.3 Å². The Bertz CT molecular complexity index is 1260. The van der Waals surface area contributed by atoms with Crippen molar-refractivity contribution in [1.82, 2.24) is 5.32 Å². The summed E-state index contributed by atoms with van der Waals surface area (Å²) in [6.45, 7) is 6.27. The molecule has 2 aliphatic rings. The highest BCUT2D eigenvalue weighted by atomic mass is 16.5. The van der Waals surface area contributed by atoms with E-state index in [-0.39, 0.29) is 11.1 Å². The molecule has 176 valence electrons. The van der Waals surface area contributed by atoms with E-state index in [1.165, 1.54) is 20.3 Å². The summed E-state index contributed by atoms with van der Waals surface area (Å²) in [7, 11) is 5.07. The number of carbonyl (C=O) groups excluding carboxylic acids is 3. The second-order valence-electron chi connectivity index (χ2n) is 8.81. The molecular weight excluding hydrogens is 434 g/mol. The highest BCUT2D eigenvalue weighted by Crippen LogP contribution is 2.42. The molecule has 4 amide bonds. The van der Waals surface area contributed by atoms with E-state index in [2.05, 4.69) is 30.1 Å². The number of fused-ring (bicyclic) bond motifs is 1. The van der Waals surface area contributed by atoms with Gasteiger partial charge in [0.15, 0.2) is 0 Å². The molecule has 1 saturated heterocycles. The second kappa shape index (κ2) is 8.37. The lowest BCUT2D eigenvalue weighted by atomic mass is 9.88. The van der Waals surface area contributed by atoms with Gasteiger partial charge in [-0.2, -0.15) is 0 Å². The summed E-state index contributed by atoms with van der Waals surface area (Å²) >= 11 is 0. The van der Waals surface area contributed by atoms with Gasteiger partial charge in [-0.25, -0.2) is 9.69 Å². The van der Waals surface area contributed by atoms with Crippen LogP contribution in [0.4, 0.5) is 16.2 Å². The molecule has 1 fully saturated rings. The monoisotopic (exact) mass is 461 g/mol. The number of ether oxygens (including phenoxy) is 2. The number of barbiturate groups is 1. The molecule has 0 radical (unpaired) electrons. The first kappa shape index (κ1) is 23.1. The lowest BCUT2D eigenvalue weighted by Gasteiger charge is -2.41. The third-order valence-electron chi connectivity index (χ3n) is 6.30. The van der Waals surface area contributed by atoms with Crippen molar-refractivity contribution in [2.75, 3.05) is 31.1 Å². The van der Waals surface area contributed by atoms with Crippen LogP contribution in [0.5, 0.6) is 11.5 Å². The van der Waals surface area contributed by atoms with Crippen molar-refractivity contribution in [3.8, 4) is 11.5 Å². The highest BCUT2D eigenvalue weighted by Gasteiger charge is 2.37. The molecule has 8 heteroatoms. The zero-order chi connectivity index (χ0) is 24.8. The predicted octanol–water partition coefficient (Wildman–Crippen LogP) is 4.00. The summed E-state index contributed by atoms with van der Waals surface area (Å²) in [4.78, 5) is 41.5. The van der Waals surface area contributed by atoms with E-state index >= 15 is 0 Å². The molecule has 0 atom stereocenters. The number of imide groups is 2. The van der Waals surface area contributed by atoms with Crippen LogP contribution in [0.1, 0.15) is 31.9 Å². The van der Waals surface area contributed by atoms with Crippen molar-refractivity contribution in [3.63, 3.8) is 0 Å². The summed E-state index contributed by atoms with van der Waals surface area (Å²) in [6.07, 6.45) is 3.63. The molecule has 0 aliphatic carbocycles. The van der Waals surface area contributed by atoms with E-state index in [0.29, 0.717) is 22.7 Å². The normalized spacial score (nSPS) is 18.5. The van der Waals surface area contributed by atoms with Crippen LogP contribution in [0.15, 0.2) is 48.0 Å². The van der Waals surface area contributed by atoms with Gasteiger partial charge < -0.3 is 14.4 Å². The van der Waals surface area contributed by atoms with Gasteiger partial charge in [0, 0.05) is 29.9 Å². The van der Waals surface area contributed by atoms with Crippen molar-refractivity contribution < 1.29 is 23.9 Å². The Labute approximate surface area is 198 Å². The van der Waals surface area contributed by atoms with Crippen molar-refractivity contribution in [2.24, 2.45) is 0 Å². The van der Waals surface area contributed by atoms with Gasteiger partial charge in [-0.15, -0.1) is 0 Å². The summed E-state index contributed by atoms with van der Waals surface area (Å²) < 4.78 is 10.7. The van der Waals surface area contributed by atoms with Crippen molar-refractivity contribution >= 4 is 40.9 Å². The number of allylic oxidation sites excluding steroid dienone is 1. The number of nitrogens with one attached hydrogen (secondary N) is 1. The lowest BCUT2D eigenvalue weighted by Crippen LogP contribution is -2.54. The highest BCUT2D eigenvalue weighted by molar-refractivity contribution is 6.39. The topological polar surface area (TPSA) is 88.2 Å². The van der Waals surface area contributed by atoms with Crippen LogP contribution in [0.3, 0.4) is 0 Å². The molecule has 34 heavy (non-hydrogen) atoms. The first-order valence-corrected chi connectivity index (χ1v) is 10.8. The van der Waals surface area contributed by atoms with Gasteiger partial charge in [-0.05, 0) is 62.8 Å². The summed E-state index contributed by atoms with van der Waals surface area (Å²) in [5.74, 6) is -0.387. The molecule has 0 aromatic heterocycles. The average Bonchev–Trinajstić information content (AvgIpc) is 2.80. The van der Waals surface area contributed by atoms with Crippen molar-refractivity contribution in [1.29, 1.82) is 0 Å². The van der Waals surface area contributed by atoms with Crippen LogP contribution in [-0.4, -0.2) is 44.7 Å². The quantitative estimate of drug-likeness (QED) is 0.547. The largest absolute Gasteiger partial charge is 0.497 e. The standard InChI is InChI=1S/C26H27N3O5/c1-15-14-26(2,3)28(4)21-13-22(34-6)16(11-19(15)21)12-20-23(30)27-25(32)29(24(20)31)17-7-9-18(33-5)10-8-17/h7-14H,1-6H3,(H,27,30,32)/b20-12-. The fourth-order valence-electron chi connectivity index (χ4n) is 4.26. The summed E-state index contributed by atoms with van der Waals surface area (Å²) in [5, 5.41) is 2.25. The molecule has 8 nitrogen and oxygen atoms in total. The van der Waals surface area contributed by atoms with Crippen LogP contribution < -0.4 is 24.6 Å². The molecule has 2 aromatic carbocycles. The van der Waals surface area contributed by atoms with Gasteiger partial charge >= 0.3 is 6.03 Å². The summed E-state index contributed by atoms with van der Waals surface area (Å²) in [5.41, 5.74) is 3.57. The number of rotatable bonds is 4. The van der Waals surface area contributed by atoms with Crippen LogP contribution in [0.25, 0.3) is 11.6 Å². The maximum atomic E-state index is 13.3. The zero-order valence-electron chi connectivity index (χ0n) is 20.1. The number of hydrogen-bond acceptors (Lipinski definition) is 6. The molecule has 2 aromatic rings. The number of likely N-dealkylation sites (N-methyl/N-ethyl adjacent to an activating group) is 1. The minimum atomic E-state index is -0.808. The predicted molar refractivity (Wildman–Crippen MR) is 131 cm³/mol. The van der Waals surface area contributed by atoms with Gasteiger partial charge in [0.25, 0.3) is 11.8 Å². The number of benzene rings is 2. The van der Waals surface area contributed by atoms with Gasteiger partial charge in [-0.3, -0.25) is 14.9 Å². The third-order valence-corrected chi connectivity index (χ3v) is 6.30. The van der Waals surface area contributed by atoms with E-state index in [1.807, 2.05) is 26.1 Å². The van der Waals surface area contributed by atoms with E-state index in [4.69, 9.17) is 9.47 Å². The molecule has 0 spiro atoms. The number of nitrogens with zero attached hydrogens (tertiary/aromatic N) is 2. The van der Waals surface area contributed by atoms with Gasteiger partial charge in [-0.1, -0.05) is 6.08 Å². The third kappa shape index (κ3) is 3.81. The first-order valence-electron chi connectivity index (χ1n) is 10.8. The number of methoxy groups -OCH3 is 2. The molecule has 0 unspecified atom stereocenters. The maximum absolute atomic E-state index is 13.3. The Balaban J connectivity index is 1.79. The lowest BCUT2D eigenvalue weighted by molar-refractivity contribution is -0.122. The van der Waals surface area contributed by atoms with Crippen LogP contribution in [0, 0.1) is 0 Å². The first-order chi connectivity index (χ1) is 16.1. The Morgan fingerprint density at radius 3 is 2.29 bits per heavy atom. The van der Waals surface area contributed by atoms with Crippen LogP contribution in [0.2, 0.25) is 0 Å². The van der Waals surface area contributed by atoms with Crippen LogP contribution in [-0.2, 0) is 9.59 Å². The molecule has 1 N–H and O–H groups in total. The van der Waals surface area contributed by atoms with Crippen molar-refractivity contribution in [3.05, 3.63) is 59.2 Å². The molecule has 0 bridgehead atoms. The summed E-state index contributed by atoms with van der Waals surface area (Å²) in [6, 6.07) is 9.41. The maximum Gasteiger partial charge on any atom is 0.335 e. The second-order valence-corrected chi connectivity index (χ2v) is 8.81. The Morgan fingerprint density at radius 1 is 1.00 bits per heavy atom. The van der Waals surface area contributed by atoms with E-state index in [9.17, 15) is 14.4 Å². The fourth-order valence-corrected chi connectivity index (χ4v) is 4.26. The number of amides is 4. The van der Waals surface area contributed by atoms with E-state index in [0.717, 1.165) is 21.7 Å². The van der Waals surface area contributed by atoms with Gasteiger partial charge in [0.2, 0.25) is 0 Å². The molecule has 2 heterocycles.